The van der Waals surface area contributed by atoms with Gasteiger partial charge in [0.15, 0.2) is 5.13 Å². The molecule has 0 saturated heterocycles. The van der Waals surface area contributed by atoms with Crippen LogP contribution in [0.4, 0.5) is 5.13 Å². The SMILES string of the molecule is CC(=O)NC(CC(=O)Nc1nc(C)c(-c2ccccn2)s1)c1ccc(Cl)cc1. The van der Waals surface area contributed by atoms with Crippen molar-refractivity contribution in [3.8, 4) is 10.6 Å². The molecule has 8 heteroatoms. The van der Waals surface area contributed by atoms with E-state index >= 15 is 0 Å². The van der Waals surface area contributed by atoms with E-state index in [2.05, 4.69) is 20.6 Å². The standard InChI is InChI=1S/C20H19ClN4O2S/c1-12-19(16-5-3-4-10-22-16)28-20(23-12)25-18(27)11-17(24-13(2)26)14-6-8-15(21)9-7-14/h3-10,17H,11H2,1-2H3,(H,24,26)(H,23,25,27). The van der Waals surface area contributed by atoms with Crippen molar-refractivity contribution >= 4 is 39.9 Å². The van der Waals surface area contributed by atoms with Crippen LogP contribution in [0.1, 0.15) is 30.6 Å². The maximum Gasteiger partial charge on any atom is 0.228 e. The lowest BCUT2D eigenvalue weighted by Gasteiger charge is -2.17. The van der Waals surface area contributed by atoms with E-state index in [-0.39, 0.29) is 18.2 Å². The number of amides is 2. The Kier molecular flexibility index (Phi) is 6.38. The summed E-state index contributed by atoms with van der Waals surface area (Å²) < 4.78 is 0. The van der Waals surface area contributed by atoms with E-state index in [0.717, 1.165) is 21.8 Å². The van der Waals surface area contributed by atoms with Gasteiger partial charge in [-0.3, -0.25) is 14.6 Å². The second kappa shape index (κ2) is 8.95. The fraction of sp³-hybridized carbons (Fsp3) is 0.200. The Labute approximate surface area is 172 Å². The van der Waals surface area contributed by atoms with Gasteiger partial charge in [0.2, 0.25) is 11.8 Å². The molecule has 1 aromatic carbocycles. The van der Waals surface area contributed by atoms with Gasteiger partial charge < -0.3 is 10.6 Å². The largest absolute Gasteiger partial charge is 0.349 e. The zero-order valence-corrected chi connectivity index (χ0v) is 17.0. The Bertz CT molecular complexity index is 974. The molecule has 0 saturated carbocycles. The van der Waals surface area contributed by atoms with Crippen LogP contribution in [0.2, 0.25) is 5.02 Å². The lowest BCUT2D eigenvalue weighted by molar-refractivity contribution is -0.120. The number of nitrogens with one attached hydrogen (secondary N) is 2. The van der Waals surface area contributed by atoms with Crippen molar-refractivity contribution < 1.29 is 9.59 Å². The third-order valence-corrected chi connectivity index (χ3v) is 5.33. The van der Waals surface area contributed by atoms with Gasteiger partial charge in [-0.1, -0.05) is 41.1 Å². The summed E-state index contributed by atoms with van der Waals surface area (Å²) in [5, 5.41) is 6.72. The van der Waals surface area contributed by atoms with E-state index in [4.69, 9.17) is 11.6 Å². The molecule has 144 valence electrons. The molecule has 0 aliphatic carbocycles. The monoisotopic (exact) mass is 414 g/mol. The molecular weight excluding hydrogens is 396 g/mol. The molecule has 2 heterocycles. The lowest BCUT2D eigenvalue weighted by Crippen LogP contribution is -2.29. The number of benzene rings is 1. The van der Waals surface area contributed by atoms with Crippen LogP contribution in [-0.4, -0.2) is 21.8 Å². The first-order valence-corrected chi connectivity index (χ1v) is 9.83. The van der Waals surface area contributed by atoms with Crippen LogP contribution in [0.3, 0.4) is 0 Å². The number of halogens is 1. The summed E-state index contributed by atoms with van der Waals surface area (Å²) in [5.74, 6) is -0.453. The molecule has 1 atom stereocenters. The molecule has 0 radical (unpaired) electrons. The fourth-order valence-electron chi connectivity index (χ4n) is 2.73. The zero-order chi connectivity index (χ0) is 20.1. The van der Waals surface area contributed by atoms with Crippen LogP contribution in [0.15, 0.2) is 48.7 Å². The number of thiazole rings is 1. The Morgan fingerprint density at radius 3 is 2.57 bits per heavy atom. The molecule has 0 spiro atoms. The Morgan fingerprint density at radius 1 is 1.18 bits per heavy atom. The maximum atomic E-state index is 12.6. The molecule has 2 amide bonds. The highest BCUT2D eigenvalue weighted by Crippen LogP contribution is 2.31. The molecule has 28 heavy (non-hydrogen) atoms. The normalized spacial score (nSPS) is 11.7. The van der Waals surface area contributed by atoms with E-state index in [1.165, 1.54) is 18.3 Å². The molecular formula is C20H19ClN4O2S. The average molecular weight is 415 g/mol. The highest BCUT2D eigenvalue weighted by molar-refractivity contribution is 7.19. The van der Waals surface area contributed by atoms with E-state index in [0.29, 0.717) is 10.2 Å². The number of pyridine rings is 1. The second-order valence-electron chi connectivity index (χ2n) is 6.21. The van der Waals surface area contributed by atoms with E-state index in [1.54, 1.807) is 30.5 Å². The summed E-state index contributed by atoms with van der Waals surface area (Å²) in [4.78, 5) is 33.8. The average Bonchev–Trinajstić information content (AvgIpc) is 3.02. The molecule has 0 aliphatic heterocycles. The molecule has 1 unspecified atom stereocenters. The summed E-state index contributed by atoms with van der Waals surface area (Å²) in [6, 6.07) is 12.3. The van der Waals surface area contributed by atoms with E-state index < -0.39 is 6.04 Å². The maximum absolute atomic E-state index is 12.6. The van der Waals surface area contributed by atoms with Gasteiger partial charge in [0, 0.05) is 18.1 Å². The van der Waals surface area contributed by atoms with Crippen molar-refractivity contribution in [2.24, 2.45) is 0 Å². The fourth-order valence-corrected chi connectivity index (χ4v) is 3.82. The molecule has 0 aliphatic rings. The molecule has 6 nitrogen and oxygen atoms in total. The van der Waals surface area contributed by atoms with Crippen LogP contribution >= 0.6 is 22.9 Å². The smallest absolute Gasteiger partial charge is 0.228 e. The number of carbonyl (C=O) groups excluding carboxylic acids is 2. The summed E-state index contributed by atoms with van der Waals surface area (Å²) in [6.07, 6.45) is 1.80. The molecule has 3 aromatic rings. The van der Waals surface area contributed by atoms with Crippen LogP contribution in [0, 0.1) is 6.92 Å². The number of rotatable bonds is 6. The van der Waals surface area contributed by atoms with Crippen molar-refractivity contribution in [3.63, 3.8) is 0 Å². The number of hydrogen-bond acceptors (Lipinski definition) is 5. The van der Waals surface area contributed by atoms with Gasteiger partial charge in [-0.15, -0.1) is 0 Å². The van der Waals surface area contributed by atoms with E-state index in [9.17, 15) is 9.59 Å². The predicted octanol–water partition coefficient (Wildman–Crippen LogP) is 4.37. The summed E-state index contributed by atoms with van der Waals surface area (Å²) in [5.41, 5.74) is 2.42. The summed E-state index contributed by atoms with van der Waals surface area (Å²) >= 11 is 7.29. The third-order valence-electron chi connectivity index (χ3n) is 3.98. The van der Waals surface area contributed by atoms with Crippen LogP contribution in [-0.2, 0) is 9.59 Å². The van der Waals surface area contributed by atoms with Crippen molar-refractivity contribution in [2.75, 3.05) is 5.32 Å². The van der Waals surface area contributed by atoms with Gasteiger partial charge in [0.1, 0.15) is 0 Å². The molecule has 2 aromatic heterocycles. The topological polar surface area (TPSA) is 84.0 Å². The molecule has 0 bridgehead atoms. The third kappa shape index (κ3) is 5.15. The second-order valence-corrected chi connectivity index (χ2v) is 7.64. The lowest BCUT2D eigenvalue weighted by atomic mass is 10.0. The van der Waals surface area contributed by atoms with Gasteiger partial charge in [-0.05, 0) is 36.8 Å². The van der Waals surface area contributed by atoms with Crippen LogP contribution in [0.5, 0.6) is 0 Å². The highest BCUT2D eigenvalue weighted by Gasteiger charge is 2.19. The van der Waals surface area contributed by atoms with Gasteiger partial charge in [0.05, 0.1) is 28.7 Å². The van der Waals surface area contributed by atoms with Gasteiger partial charge >= 0.3 is 0 Å². The van der Waals surface area contributed by atoms with Gasteiger partial charge in [-0.2, -0.15) is 0 Å². The number of aryl methyl sites for hydroxylation is 1. The first-order chi connectivity index (χ1) is 13.4. The van der Waals surface area contributed by atoms with E-state index in [1.807, 2.05) is 25.1 Å². The minimum Gasteiger partial charge on any atom is -0.349 e. The zero-order valence-electron chi connectivity index (χ0n) is 15.4. The van der Waals surface area contributed by atoms with Crippen LogP contribution < -0.4 is 10.6 Å². The van der Waals surface area contributed by atoms with Crippen molar-refractivity contribution in [2.45, 2.75) is 26.3 Å². The first kappa shape index (κ1) is 20.0. The Hall–Kier alpha value is -2.77. The number of nitrogens with zero attached hydrogens (tertiary/aromatic N) is 2. The number of carbonyl (C=O) groups is 2. The minimum absolute atomic E-state index is 0.0821. The van der Waals surface area contributed by atoms with Crippen LogP contribution in [0.25, 0.3) is 10.6 Å². The van der Waals surface area contributed by atoms with Gasteiger partial charge in [-0.25, -0.2) is 4.98 Å². The Morgan fingerprint density at radius 2 is 1.93 bits per heavy atom. The van der Waals surface area contributed by atoms with Gasteiger partial charge in [0.25, 0.3) is 0 Å². The number of aromatic nitrogens is 2. The van der Waals surface area contributed by atoms with Crippen molar-refractivity contribution in [1.29, 1.82) is 0 Å². The number of anilines is 1. The summed E-state index contributed by atoms with van der Waals surface area (Å²) in [6.45, 7) is 3.30. The minimum atomic E-state index is -0.453. The summed E-state index contributed by atoms with van der Waals surface area (Å²) in [7, 11) is 0. The van der Waals surface area contributed by atoms with Crippen molar-refractivity contribution in [3.05, 3.63) is 64.9 Å². The first-order valence-electron chi connectivity index (χ1n) is 8.63. The highest BCUT2D eigenvalue weighted by atomic mass is 35.5. The quantitative estimate of drug-likeness (QED) is 0.627. The number of hydrogen-bond donors (Lipinski definition) is 2. The molecule has 0 fully saturated rings. The molecule has 3 rings (SSSR count). The van der Waals surface area contributed by atoms with Crippen molar-refractivity contribution in [1.82, 2.24) is 15.3 Å². The Balaban J connectivity index is 1.72. The predicted molar refractivity (Wildman–Crippen MR) is 111 cm³/mol. The molecule has 2 N–H and O–H groups in total.